The topological polar surface area (TPSA) is 84.9 Å². The van der Waals surface area contributed by atoms with Crippen molar-refractivity contribution >= 4 is 18.0 Å². The van der Waals surface area contributed by atoms with E-state index < -0.39 is 12.0 Å². The first-order chi connectivity index (χ1) is 9.06. The van der Waals surface area contributed by atoms with E-state index in [0.717, 1.165) is 19.4 Å². The number of hydrogen-bond acceptors (Lipinski definition) is 6. The number of nitrogens with zero attached hydrogens (tertiary/aromatic N) is 1. The molecule has 19 heavy (non-hydrogen) atoms. The van der Waals surface area contributed by atoms with Gasteiger partial charge >= 0.3 is 12.1 Å². The van der Waals surface area contributed by atoms with Crippen molar-refractivity contribution in [2.45, 2.75) is 19.8 Å². The Morgan fingerprint density at radius 3 is 2.74 bits per heavy atom. The highest BCUT2D eigenvalue weighted by molar-refractivity contribution is 5.92. The molecule has 1 N–H and O–H groups in total. The quantitative estimate of drug-likeness (QED) is 0.733. The number of carbonyl (C=O) groups excluding carboxylic acids is 3. The van der Waals surface area contributed by atoms with Gasteiger partial charge in [0.15, 0.2) is 0 Å². The van der Waals surface area contributed by atoms with Gasteiger partial charge in [-0.1, -0.05) is 0 Å². The van der Waals surface area contributed by atoms with Crippen LogP contribution in [0.15, 0.2) is 0 Å². The van der Waals surface area contributed by atoms with Crippen molar-refractivity contribution in [1.82, 2.24) is 10.2 Å². The van der Waals surface area contributed by atoms with Crippen LogP contribution in [-0.2, 0) is 19.1 Å². The largest absolute Gasteiger partial charge is 0.466 e. The predicted octanol–water partition coefficient (Wildman–Crippen LogP) is 0.144. The van der Waals surface area contributed by atoms with Crippen LogP contribution in [0.4, 0.5) is 4.79 Å². The summed E-state index contributed by atoms with van der Waals surface area (Å²) in [5.41, 5.74) is 0. The number of methoxy groups -OCH3 is 1. The molecule has 0 aromatic rings. The fourth-order valence-corrected chi connectivity index (χ4v) is 2.06. The Morgan fingerprint density at radius 2 is 2.11 bits per heavy atom. The standard InChI is InChI=1S/C12H20N2O5/c1-3-19-11(16)9-5-4-6-14(7-9)8-10(15)13-12(17)18-2/h9H,3-8H2,1-2H3,(H,13,15,17)/t9-/m0/s1. The average molecular weight is 272 g/mol. The van der Waals surface area contributed by atoms with Crippen LogP contribution in [0.25, 0.3) is 0 Å². The second-order valence-corrected chi connectivity index (χ2v) is 4.37. The van der Waals surface area contributed by atoms with Crippen molar-refractivity contribution in [1.29, 1.82) is 0 Å². The summed E-state index contributed by atoms with van der Waals surface area (Å²) in [6, 6.07) is 0. The molecule has 7 heteroatoms. The van der Waals surface area contributed by atoms with E-state index in [-0.39, 0.29) is 18.4 Å². The second kappa shape index (κ2) is 7.73. The van der Waals surface area contributed by atoms with Gasteiger partial charge in [0.25, 0.3) is 0 Å². The Hall–Kier alpha value is -1.63. The molecule has 1 rings (SSSR count). The van der Waals surface area contributed by atoms with Gasteiger partial charge in [-0.25, -0.2) is 4.79 Å². The van der Waals surface area contributed by atoms with Gasteiger partial charge < -0.3 is 9.47 Å². The zero-order valence-electron chi connectivity index (χ0n) is 11.3. The van der Waals surface area contributed by atoms with Crippen molar-refractivity contribution in [2.75, 3.05) is 33.4 Å². The Balaban J connectivity index is 2.40. The number of alkyl carbamates (subject to hydrolysis) is 1. The highest BCUT2D eigenvalue weighted by atomic mass is 16.5. The second-order valence-electron chi connectivity index (χ2n) is 4.37. The zero-order valence-corrected chi connectivity index (χ0v) is 11.3. The number of rotatable bonds is 4. The van der Waals surface area contributed by atoms with E-state index in [1.165, 1.54) is 7.11 Å². The molecule has 0 aromatic heterocycles. The Bertz CT molecular complexity index is 345. The van der Waals surface area contributed by atoms with Crippen LogP contribution >= 0.6 is 0 Å². The molecule has 0 spiro atoms. The van der Waals surface area contributed by atoms with Gasteiger partial charge in [0, 0.05) is 6.54 Å². The van der Waals surface area contributed by atoms with E-state index >= 15 is 0 Å². The summed E-state index contributed by atoms with van der Waals surface area (Å²) in [4.78, 5) is 35.9. The van der Waals surface area contributed by atoms with Crippen molar-refractivity contribution < 1.29 is 23.9 Å². The van der Waals surface area contributed by atoms with Crippen LogP contribution in [0.5, 0.6) is 0 Å². The van der Waals surface area contributed by atoms with Crippen LogP contribution < -0.4 is 5.32 Å². The van der Waals surface area contributed by atoms with E-state index in [2.05, 4.69) is 10.1 Å². The summed E-state index contributed by atoms with van der Waals surface area (Å²) < 4.78 is 9.31. The maximum absolute atomic E-state index is 11.6. The van der Waals surface area contributed by atoms with E-state index in [1.807, 2.05) is 4.90 Å². The molecule has 0 unspecified atom stereocenters. The first kappa shape index (κ1) is 15.4. The lowest BCUT2D eigenvalue weighted by Gasteiger charge is -2.30. The van der Waals surface area contributed by atoms with Crippen LogP contribution in [0.2, 0.25) is 0 Å². The van der Waals surface area contributed by atoms with Crippen molar-refractivity contribution in [3.8, 4) is 0 Å². The monoisotopic (exact) mass is 272 g/mol. The summed E-state index contributed by atoms with van der Waals surface area (Å²) >= 11 is 0. The fourth-order valence-electron chi connectivity index (χ4n) is 2.06. The Labute approximate surface area is 112 Å². The normalized spacial score (nSPS) is 19.6. The molecule has 1 atom stereocenters. The summed E-state index contributed by atoms with van der Waals surface area (Å²) in [6.45, 7) is 3.41. The van der Waals surface area contributed by atoms with Gasteiger partial charge in [-0.3, -0.25) is 19.8 Å². The summed E-state index contributed by atoms with van der Waals surface area (Å²) in [6.07, 6.45) is 0.826. The van der Waals surface area contributed by atoms with E-state index in [0.29, 0.717) is 13.2 Å². The number of nitrogens with one attached hydrogen (secondary N) is 1. The number of carbonyl (C=O) groups is 3. The van der Waals surface area contributed by atoms with Gasteiger partial charge in [0.1, 0.15) is 0 Å². The lowest BCUT2D eigenvalue weighted by molar-refractivity contribution is -0.150. The molecule has 0 saturated carbocycles. The molecule has 1 saturated heterocycles. The predicted molar refractivity (Wildman–Crippen MR) is 66.3 cm³/mol. The molecular weight excluding hydrogens is 252 g/mol. The number of piperidine rings is 1. The third kappa shape index (κ3) is 5.25. The first-order valence-corrected chi connectivity index (χ1v) is 6.33. The number of amides is 2. The molecule has 108 valence electrons. The zero-order chi connectivity index (χ0) is 14.3. The number of ether oxygens (including phenoxy) is 2. The van der Waals surface area contributed by atoms with E-state index in [4.69, 9.17) is 4.74 Å². The summed E-state index contributed by atoms with van der Waals surface area (Å²) in [5, 5.41) is 2.09. The van der Waals surface area contributed by atoms with Crippen molar-refractivity contribution in [2.24, 2.45) is 5.92 Å². The Morgan fingerprint density at radius 1 is 1.37 bits per heavy atom. The smallest absolute Gasteiger partial charge is 0.413 e. The van der Waals surface area contributed by atoms with Crippen molar-refractivity contribution in [3.63, 3.8) is 0 Å². The minimum Gasteiger partial charge on any atom is -0.466 e. The van der Waals surface area contributed by atoms with E-state index in [9.17, 15) is 14.4 Å². The number of likely N-dealkylation sites (tertiary alicyclic amines) is 1. The Kier molecular flexibility index (Phi) is 6.27. The minimum absolute atomic E-state index is 0.0744. The van der Waals surface area contributed by atoms with Gasteiger partial charge in [-0.05, 0) is 26.3 Å². The van der Waals surface area contributed by atoms with Gasteiger partial charge in [-0.15, -0.1) is 0 Å². The maximum atomic E-state index is 11.6. The van der Waals surface area contributed by atoms with E-state index in [1.54, 1.807) is 6.92 Å². The first-order valence-electron chi connectivity index (χ1n) is 6.33. The van der Waals surface area contributed by atoms with Crippen LogP contribution in [0.1, 0.15) is 19.8 Å². The SMILES string of the molecule is CCOC(=O)[C@H]1CCCN(CC(=O)NC(=O)OC)C1. The lowest BCUT2D eigenvalue weighted by Crippen LogP contribution is -2.45. The molecule has 7 nitrogen and oxygen atoms in total. The molecule has 0 bridgehead atoms. The minimum atomic E-state index is -0.774. The van der Waals surface area contributed by atoms with Gasteiger partial charge in [0.2, 0.25) is 5.91 Å². The molecule has 1 heterocycles. The maximum Gasteiger partial charge on any atom is 0.413 e. The molecular formula is C12H20N2O5. The molecule has 1 aliphatic rings. The van der Waals surface area contributed by atoms with Crippen LogP contribution in [0.3, 0.4) is 0 Å². The summed E-state index contributed by atoms with van der Waals surface area (Å²) in [7, 11) is 1.19. The van der Waals surface area contributed by atoms with Crippen molar-refractivity contribution in [3.05, 3.63) is 0 Å². The van der Waals surface area contributed by atoms with Crippen LogP contribution in [0, 0.1) is 5.92 Å². The molecule has 2 amide bonds. The fraction of sp³-hybridized carbons (Fsp3) is 0.750. The van der Waals surface area contributed by atoms with Crippen LogP contribution in [-0.4, -0.2) is 56.2 Å². The molecule has 0 aliphatic carbocycles. The molecule has 1 fully saturated rings. The lowest BCUT2D eigenvalue weighted by atomic mass is 9.98. The number of esters is 1. The number of hydrogen-bond donors (Lipinski definition) is 1. The number of imide groups is 1. The third-order valence-corrected chi connectivity index (χ3v) is 2.92. The molecule has 1 aliphatic heterocycles. The molecule has 0 radical (unpaired) electrons. The summed E-state index contributed by atoms with van der Waals surface area (Å²) in [5.74, 6) is -0.850. The van der Waals surface area contributed by atoms with Gasteiger partial charge in [0.05, 0.1) is 26.2 Å². The highest BCUT2D eigenvalue weighted by Gasteiger charge is 2.27. The third-order valence-electron chi connectivity index (χ3n) is 2.92. The highest BCUT2D eigenvalue weighted by Crippen LogP contribution is 2.17. The molecule has 0 aromatic carbocycles. The average Bonchev–Trinajstić information content (AvgIpc) is 2.39. The van der Waals surface area contributed by atoms with Gasteiger partial charge in [-0.2, -0.15) is 0 Å².